The molecular formula is C16H15N3O5. The molecular weight excluding hydrogens is 314 g/mol. The third-order valence-electron chi connectivity index (χ3n) is 3.31. The molecule has 24 heavy (non-hydrogen) atoms. The number of H-pyrrole nitrogens is 1. The molecule has 0 atom stereocenters. The Morgan fingerprint density at radius 1 is 1.21 bits per heavy atom. The van der Waals surface area contributed by atoms with Gasteiger partial charge in [0.2, 0.25) is 5.91 Å². The van der Waals surface area contributed by atoms with Gasteiger partial charge in [0.15, 0.2) is 11.3 Å². The Morgan fingerprint density at radius 2 is 2.08 bits per heavy atom. The van der Waals surface area contributed by atoms with Crippen LogP contribution in [-0.4, -0.2) is 23.3 Å². The van der Waals surface area contributed by atoms with Crippen LogP contribution < -0.4 is 16.4 Å². The van der Waals surface area contributed by atoms with Crippen LogP contribution in [0.15, 0.2) is 50.2 Å². The van der Waals surface area contributed by atoms with E-state index in [-0.39, 0.29) is 24.0 Å². The quantitative estimate of drug-likeness (QED) is 0.597. The van der Waals surface area contributed by atoms with E-state index in [0.717, 1.165) is 0 Å². The minimum absolute atomic E-state index is 0.188. The number of amides is 2. The molecule has 3 rings (SSSR count). The van der Waals surface area contributed by atoms with E-state index >= 15 is 0 Å². The van der Waals surface area contributed by atoms with Gasteiger partial charge < -0.3 is 19.5 Å². The van der Waals surface area contributed by atoms with Crippen LogP contribution in [-0.2, 0) is 4.79 Å². The molecule has 0 saturated heterocycles. The molecule has 0 aliphatic rings. The van der Waals surface area contributed by atoms with Gasteiger partial charge in [0, 0.05) is 18.7 Å². The number of benzene rings is 1. The normalized spacial score (nSPS) is 10.7. The van der Waals surface area contributed by atoms with Crippen molar-refractivity contribution in [3.63, 3.8) is 0 Å². The van der Waals surface area contributed by atoms with E-state index in [4.69, 9.17) is 8.83 Å². The number of aromatic nitrogens is 1. The van der Waals surface area contributed by atoms with Gasteiger partial charge >= 0.3 is 5.76 Å². The van der Waals surface area contributed by atoms with Crippen LogP contribution in [0.3, 0.4) is 0 Å². The number of fused-ring (bicyclic) bond motifs is 1. The first-order valence-corrected chi connectivity index (χ1v) is 7.36. The summed E-state index contributed by atoms with van der Waals surface area (Å²) in [6.07, 6.45) is 2.16. The van der Waals surface area contributed by atoms with Crippen LogP contribution in [0.4, 0.5) is 5.69 Å². The number of oxazole rings is 1. The Balaban J connectivity index is 1.45. The predicted octanol–water partition coefficient (Wildman–Crippen LogP) is 1.86. The minimum Gasteiger partial charge on any atom is -0.459 e. The van der Waals surface area contributed by atoms with Gasteiger partial charge in [-0.3, -0.25) is 14.6 Å². The van der Waals surface area contributed by atoms with Crippen LogP contribution in [0.25, 0.3) is 11.1 Å². The van der Waals surface area contributed by atoms with Crippen molar-refractivity contribution in [1.82, 2.24) is 10.3 Å². The predicted molar refractivity (Wildman–Crippen MR) is 85.7 cm³/mol. The molecule has 0 spiro atoms. The van der Waals surface area contributed by atoms with E-state index in [1.54, 1.807) is 30.3 Å². The maximum Gasteiger partial charge on any atom is 0.417 e. The first-order chi connectivity index (χ1) is 11.6. The van der Waals surface area contributed by atoms with Gasteiger partial charge in [-0.2, -0.15) is 0 Å². The number of carbonyl (C=O) groups excluding carboxylic acids is 2. The molecule has 2 amide bonds. The number of furan rings is 1. The molecule has 8 heteroatoms. The van der Waals surface area contributed by atoms with Gasteiger partial charge in [0.25, 0.3) is 5.91 Å². The lowest BCUT2D eigenvalue weighted by Crippen LogP contribution is -2.25. The molecule has 124 valence electrons. The SMILES string of the molecule is O=C(CCCNC(=O)c1ccco1)Nc1ccc2oc(=O)[nH]c2c1. The summed E-state index contributed by atoms with van der Waals surface area (Å²) < 4.78 is 9.85. The van der Waals surface area contributed by atoms with Crippen molar-refractivity contribution < 1.29 is 18.4 Å². The van der Waals surface area contributed by atoms with Crippen molar-refractivity contribution in [2.75, 3.05) is 11.9 Å². The molecule has 0 aliphatic carbocycles. The highest BCUT2D eigenvalue weighted by molar-refractivity contribution is 5.93. The van der Waals surface area contributed by atoms with E-state index in [1.165, 1.54) is 6.26 Å². The molecule has 0 unspecified atom stereocenters. The lowest BCUT2D eigenvalue weighted by atomic mass is 10.2. The van der Waals surface area contributed by atoms with Gasteiger partial charge in [-0.05, 0) is 36.8 Å². The van der Waals surface area contributed by atoms with E-state index in [0.29, 0.717) is 29.8 Å². The number of aromatic amines is 1. The second-order valence-electron chi connectivity index (χ2n) is 5.11. The van der Waals surface area contributed by atoms with Crippen molar-refractivity contribution in [2.24, 2.45) is 0 Å². The monoisotopic (exact) mass is 329 g/mol. The topological polar surface area (TPSA) is 117 Å². The van der Waals surface area contributed by atoms with E-state index in [9.17, 15) is 14.4 Å². The molecule has 2 aromatic heterocycles. The Kier molecular flexibility index (Phi) is 4.46. The maximum absolute atomic E-state index is 11.9. The Labute approximate surface area is 135 Å². The molecule has 3 N–H and O–H groups in total. The standard InChI is InChI=1S/C16H15N3O5/c20-14(4-1-7-17-15(21)13-3-2-8-23-13)18-10-5-6-12-11(9-10)19-16(22)24-12/h2-3,5-6,8-9H,1,4,7H2,(H,17,21)(H,18,20)(H,19,22). The van der Waals surface area contributed by atoms with Crippen LogP contribution in [0, 0.1) is 0 Å². The first kappa shape index (κ1) is 15.6. The van der Waals surface area contributed by atoms with Gasteiger partial charge in [-0.15, -0.1) is 0 Å². The Bertz CT molecular complexity index is 907. The second kappa shape index (κ2) is 6.86. The van der Waals surface area contributed by atoms with Gasteiger partial charge in [-0.25, -0.2) is 4.79 Å². The summed E-state index contributed by atoms with van der Waals surface area (Å²) in [7, 11) is 0. The zero-order valence-corrected chi connectivity index (χ0v) is 12.6. The van der Waals surface area contributed by atoms with Crippen LogP contribution in [0.1, 0.15) is 23.4 Å². The van der Waals surface area contributed by atoms with Crippen molar-refractivity contribution in [1.29, 1.82) is 0 Å². The van der Waals surface area contributed by atoms with Gasteiger partial charge in [-0.1, -0.05) is 0 Å². The summed E-state index contributed by atoms with van der Waals surface area (Å²) in [5.41, 5.74) is 1.51. The molecule has 3 aromatic rings. The maximum atomic E-state index is 11.9. The van der Waals surface area contributed by atoms with Crippen molar-refractivity contribution in [3.8, 4) is 0 Å². The average Bonchev–Trinajstić information content (AvgIpc) is 3.19. The summed E-state index contributed by atoms with van der Waals surface area (Å²) >= 11 is 0. The smallest absolute Gasteiger partial charge is 0.417 e. The second-order valence-corrected chi connectivity index (χ2v) is 5.11. The van der Waals surface area contributed by atoms with Crippen LogP contribution in [0.2, 0.25) is 0 Å². The lowest BCUT2D eigenvalue weighted by Gasteiger charge is -2.06. The number of anilines is 1. The number of rotatable bonds is 6. The fraction of sp³-hybridized carbons (Fsp3) is 0.188. The van der Waals surface area contributed by atoms with Crippen LogP contribution in [0.5, 0.6) is 0 Å². The number of hydrogen-bond donors (Lipinski definition) is 3. The van der Waals surface area contributed by atoms with Gasteiger partial charge in [0.1, 0.15) is 0 Å². The Morgan fingerprint density at radius 3 is 2.88 bits per heavy atom. The zero-order chi connectivity index (χ0) is 16.9. The van der Waals surface area contributed by atoms with Crippen LogP contribution >= 0.6 is 0 Å². The summed E-state index contributed by atoms with van der Waals surface area (Å²) in [5.74, 6) is -0.801. The molecule has 1 aromatic carbocycles. The molecule has 0 aliphatic heterocycles. The molecule has 0 radical (unpaired) electrons. The fourth-order valence-electron chi connectivity index (χ4n) is 2.20. The largest absolute Gasteiger partial charge is 0.459 e. The van der Waals surface area contributed by atoms with Crippen molar-refractivity contribution in [3.05, 3.63) is 52.9 Å². The lowest BCUT2D eigenvalue weighted by molar-refractivity contribution is -0.116. The van der Waals surface area contributed by atoms with Gasteiger partial charge in [0.05, 0.1) is 11.8 Å². The summed E-state index contributed by atoms with van der Waals surface area (Å²) in [6, 6.07) is 8.07. The summed E-state index contributed by atoms with van der Waals surface area (Å²) in [5, 5.41) is 5.39. The molecule has 0 bridgehead atoms. The van der Waals surface area contributed by atoms with E-state index < -0.39 is 5.76 Å². The number of carbonyl (C=O) groups is 2. The highest BCUT2D eigenvalue weighted by Crippen LogP contribution is 2.16. The Hall–Kier alpha value is -3.29. The third-order valence-corrected chi connectivity index (χ3v) is 3.31. The molecule has 2 heterocycles. The molecule has 0 fully saturated rings. The zero-order valence-electron chi connectivity index (χ0n) is 12.6. The molecule has 0 saturated carbocycles. The summed E-state index contributed by atoms with van der Waals surface area (Å²) in [6.45, 7) is 0.362. The third kappa shape index (κ3) is 3.72. The highest BCUT2D eigenvalue weighted by atomic mass is 16.4. The van der Waals surface area contributed by atoms with E-state index in [2.05, 4.69) is 15.6 Å². The van der Waals surface area contributed by atoms with Crippen molar-refractivity contribution in [2.45, 2.75) is 12.8 Å². The first-order valence-electron chi connectivity index (χ1n) is 7.36. The minimum atomic E-state index is -0.541. The van der Waals surface area contributed by atoms with E-state index in [1.807, 2.05) is 0 Å². The summed E-state index contributed by atoms with van der Waals surface area (Å²) in [4.78, 5) is 37.1. The number of nitrogens with one attached hydrogen (secondary N) is 3. The number of hydrogen-bond acceptors (Lipinski definition) is 5. The molecule has 8 nitrogen and oxygen atoms in total. The van der Waals surface area contributed by atoms with Crippen molar-refractivity contribution >= 4 is 28.6 Å². The fourth-order valence-corrected chi connectivity index (χ4v) is 2.20. The average molecular weight is 329 g/mol. The highest BCUT2D eigenvalue weighted by Gasteiger charge is 2.08.